The topological polar surface area (TPSA) is 127 Å². The second-order valence-electron chi connectivity index (χ2n) is 8.84. The fourth-order valence-electron chi connectivity index (χ4n) is 4.65. The molecule has 182 valence electrons. The van der Waals surface area contributed by atoms with Crippen molar-refractivity contribution in [1.82, 2.24) is 9.97 Å². The third-order valence-corrected chi connectivity index (χ3v) is 6.55. The van der Waals surface area contributed by atoms with Gasteiger partial charge in [0.15, 0.2) is 0 Å². The van der Waals surface area contributed by atoms with E-state index in [-0.39, 0.29) is 44.9 Å². The summed E-state index contributed by atoms with van der Waals surface area (Å²) in [6.45, 7) is 0. The molecule has 3 aromatic carbocycles. The number of para-hydroxylation sites is 2. The van der Waals surface area contributed by atoms with Crippen molar-refractivity contribution >= 4 is 44.1 Å². The Hall–Kier alpha value is -5.50. The molecule has 0 radical (unpaired) electrons. The fraction of sp³-hybridized carbons (Fsp3) is 0. The van der Waals surface area contributed by atoms with E-state index < -0.39 is 0 Å². The maximum absolute atomic E-state index is 12.9. The summed E-state index contributed by atoms with van der Waals surface area (Å²) in [5, 5.41) is 22.9. The minimum atomic E-state index is -0.223. The number of hydrogen-bond acceptors (Lipinski definition) is 8. The van der Waals surface area contributed by atoms with Gasteiger partial charge in [0.05, 0.1) is 32.9 Å². The third kappa shape index (κ3) is 3.24. The van der Waals surface area contributed by atoms with Crippen molar-refractivity contribution in [3.05, 3.63) is 105 Å². The number of benzene rings is 3. The fourth-order valence-corrected chi connectivity index (χ4v) is 4.65. The van der Waals surface area contributed by atoms with Gasteiger partial charge in [-0.05, 0) is 54.6 Å². The standard InChI is InChI=1S/C30H16N2O6/c33-23-14-24(34)20(22-12-10-18-28(36)16-6-2-4-8-26(16)38-30(18)32-22)13-19(23)21-11-9-17-27(35)15-5-1-3-7-25(15)37-29(17)31-21/h1-14,33-34H. The summed E-state index contributed by atoms with van der Waals surface area (Å²) in [6, 6.07) is 22.9. The first kappa shape index (κ1) is 21.8. The smallest absolute Gasteiger partial charge is 0.231 e. The van der Waals surface area contributed by atoms with Gasteiger partial charge in [-0.1, -0.05) is 24.3 Å². The van der Waals surface area contributed by atoms with Crippen molar-refractivity contribution in [1.29, 1.82) is 0 Å². The summed E-state index contributed by atoms with van der Waals surface area (Å²) in [6.07, 6.45) is 0. The zero-order chi connectivity index (χ0) is 26.0. The van der Waals surface area contributed by atoms with Crippen molar-refractivity contribution in [2.45, 2.75) is 0 Å². The second kappa shape index (κ2) is 8.01. The molecular formula is C30H16N2O6. The van der Waals surface area contributed by atoms with Crippen molar-refractivity contribution in [3.63, 3.8) is 0 Å². The van der Waals surface area contributed by atoms with E-state index in [1.165, 1.54) is 12.1 Å². The van der Waals surface area contributed by atoms with E-state index in [1.54, 1.807) is 72.8 Å². The molecule has 2 N–H and O–H groups in total. The highest BCUT2D eigenvalue weighted by molar-refractivity contribution is 5.91. The van der Waals surface area contributed by atoms with Crippen molar-refractivity contribution in [2.75, 3.05) is 0 Å². The van der Waals surface area contributed by atoms with Crippen LogP contribution in [-0.2, 0) is 0 Å². The van der Waals surface area contributed by atoms with Crippen LogP contribution in [0.4, 0.5) is 0 Å². The summed E-state index contributed by atoms with van der Waals surface area (Å²) in [5.74, 6) is -0.445. The van der Waals surface area contributed by atoms with Gasteiger partial charge in [0.2, 0.25) is 22.3 Å². The molecule has 8 nitrogen and oxygen atoms in total. The second-order valence-corrected chi connectivity index (χ2v) is 8.84. The van der Waals surface area contributed by atoms with Gasteiger partial charge in [-0.15, -0.1) is 0 Å². The predicted octanol–water partition coefficient (Wildman–Crippen LogP) is 5.74. The van der Waals surface area contributed by atoms with Gasteiger partial charge >= 0.3 is 0 Å². The monoisotopic (exact) mass is 500 g/mol. The Balaban J connectivity index is 1.41. The maximum Gasteiger partial charge on any atom is 0.231 e. The molecule has 7 rings (SSSR count). The largest absolute Gasteiger partial charge is 0.507 e. The van der Waals surface area contributed by atoms with Gasteiger partial charge in [0.25, 0.3) is 0 Å². The van der Waals surface area contributed by atoms with Gasteiger partial charge in [-0.3, -0.25) is 9.59 Å². The number of aromatic nitrogens is 2. The lowest BCUT2D eigenvalue weighted by molar-refractivity contribution is 0.453. The number of aromatic hydroxyl groups is 2. The van der Waals surface area contributed by atoms with Crippen LogP contribution < -0.4 is 10.9 Å². The van der Waals surface area contributed by atoms with E-state index in [1.807, 2.05) is 0 Å². The van der Waals surface area contributed by atoms with Crippen LogP contribution in [0.25, 0.3) is 66.7 Å². The molecule has 0 amide bonds. The Morgan fingerprint density at radius 1 is 0.526 bits per heavy atom. The van der Waals surface area contributed by atoms with Gasteiger partial charge < -0.3 is 19.0 Å². The highest BCUT2D eigenvalue weighted by Gasteiger charge is 2.18. The van der Waals surface area contributed by atoms with Crippen molar-refractivity contribution < 1.29 is 19.0 Å². The lowest BCUT2D eigenvalue weighted by Gasteiger charge is -2.11. The summed E-state index contributed by atoms with van der Waals surface area (Å²) in [4.78, 5) is 34.7. The van der Waals surface area contributed by atoms with Crippen LogP contribution >= 0.6 is 0 Å². The average Bonchev–Trinajstić information content (AvgIpc) is 2.93. The molecule has 0 atom stereocenters. The molecule has 4 heterocycles. The van der Waals surface area contributed by atoms with Crippen LogP contribution in [0, 0.1) is 0 Å². The number of hydrogen-bond donors (Lipinski definition) is 2. The normalized spacial score (nSPS) is 11.6. The van der Waals surface area contributed by atoms with E-state index in [9.17, 15) is 19.8 Å². The molecule has 0 aliphatic rings. The molecule has 0 unspecified atom stereocenters. The van der Waals surface area contributed by atoms with Crippen LogP contribution in [0.15, 0.2) is 103 Å². The summed E-state index contributed by atoms with van der Waals surface area (Å²) >= 11 is 0. The molecule has 0 aliphatic heterocycles. The molecule has 0 fully saturated rings. The Morgan fingerprint density at radius 2 is 0.974 bits per heavy atom. The summed E-state index contributed by atoms with van der Waals surface area (Å²) in [5.41, 5.74) is 1.88. The maximum atomic E-state index is 12.9. The van der Waals surface area contributed by atoms with Crippen LogP contribution in [-0.4, -0.2) is 20.2 Å². The highest BCUT2D eigenvalue weighted by Crippen LogP contribution is 2.39. The van der Waals surface area contributed by atoms with Gasteiger partial charge in [0, 0.05) is 17.2 Å². The predicted molar refractivity (Wildman–Crippen MR) is 143 cm³/mol. The molecule has 0 saturated carbocycles. The number of pyridine rings is 2. The SMILES string of the molecule is O=c1c2ccccc2oc2nc(-c3cc(-c4ccc5c(=O)c6ccccc6oc5n4)c(O)cc3O)ccc12. The molecule has 0 bridgehead atoms. The Labute approximate surface area is 212 Å². The van der Waals surface area contributed by atoms with E-state index in [2.05, 4.69) is 9.97 Å². The van der Waals surface area contributed by atoms with E-state index in [0.717, 1.165) is 0 Å². The number of phenols is 2. The third-order valence-electron chi connectivity index (χ3n) is 6.55. The Kier molecular flexibility index (Phi) is 4.58. The molecule has 7 aromatic rings. The first-order chi connectivity index (χ1) is 18.5. The summed E-state index contributed by atoms with van der Waals surface area (Å²) < 4.78 is 11.7. The quantitative estimate of drug-likeness (QED) is 0.288. The molecule has 4 aromatic heterocycles. The zero-order valence-electron chi connectivity index (χ0n) is 19.5. The summed E-state index contributed by atoms with van der Waals surface area (Å²) in [7, 11) is 0. The highest BCUT2D eigenvalue weighted by atomic mass is 16.3. The van der Waals surface area contributed by atoms with Crippen LogP contribution in [0.2, 0.25) is 0 Å². The van der Waals surface area contributed by atoms with Gasteiger partial charge in [0.1, 0.15) is 22.7 Å². The van der Waals surface area contributed by atoms with E-state index in [4.69, 9.17) is 8.83 Å². The number of phenolic OH excluding ortho intramolecular Hbond substituents is 2. The lowest BCUT2D eigenvalue weighted by atomic mass is 10.0. The van der Waals surface area contributed by atoms with Crippen LogP contribution in [0.5, 0.6) is 11.5 Å². The molecular weight excluding hydrogens is 484 g/mol. The van der Waals surface area contributed by atoms with Crippen LogP contribution in [0.3, 0.4) is 0 Å². The average molecular weight is 500 g/mol. The van der Waals surface area contributed by atoms with Gasteiger partial charge in [-0.25, -0.2) is 9.97 Å². The van der Waals surface area contributed by atoms with Gasteiger partial charge in [-0.2, -0.15) is 0 Å². The minimum Gasteiger partial charge on any atom is -0.507 e. The first-order valence-corrected chi connectivity index (χ1v) is 11.7. The minimum absolute atomic E-state index is 0.123. The Morgan fingerprint density at radius 3 is 1.45 bits per heavy atom. The molecule has 0 saturated heterocycles. The Bertz CT molecular complexity index is 2060. The molecule has 8 heteroatoms. The lowest BCUT2D eigenvalue weighted by Crippen LogP contribution is -2.03. The first-order valence-electron chi connectivity index (χ1n) is 11.7. The number of fused-ring (bicyclic) bond motifs is 4. The van der Waals surface area contributed by atoms with E-state index >= 15 is 0 Å². The van der Waals surface area contributed by atoms with Crippen molar-refractivity contribution in [3.8, 4) is 34.0 Å². The van der Waals surface area contributed by atoms with Crippen LogP contribution in [0.1, 0.15) is 0 Å². The van der Waals surface area contributed by atoms with E-state index in [0.29, 0.717) is 44.1 Å². The number of rotatable bonds is 2. The number of nitrogens with zero attached hydrogens (tertiary/aromatic N) is 2. The molecule has 0 aliphatic carbocycles. The van der Waals surface area contributed by atoms with Crippen molar-refractivity contribution in [2.24, 2.45) is 0 Å². The molecule has 38 heavy (non-hydrogen) atoms. The zero-order valence-corrected chi connectivity index (χ0v) is 19.5. The molecule has 0 spiro atoms.